The summed E-state index contributed by atoms with van der Waals surface area (Å²) in [5, 5.41) is 12.8. The van der Waals surface area contributed by atoms with E-state index >= 15 is 0 Å². The Kier molecular flexibility index (Phi) is 4.64. The Balaban J connectivity index is 1.77. The standard InChI is InChI=1S/C20H21FN6O/c1-20(2,12-28-3)19-23-17(24-25-19)16-14-8-6-10-22-18(14)27(26-16)11-13-7-4-5-9-15(13)21/h4-10H,11-12H2,1-3H3,(H,23,24,25). The van der Waals surface area contributed by atoms with Crippen LogP contribution >= 0.6 is 0 Å². The first-order chi connectivity index (χ1) is 13.5. The summed E-state index contributed by atoms with van der Waals surface area (Å²) in [5.74, 6) is 0.916. The zero-order chi connectivity index (χ0) is 19.7. The SMILES string of the molecule is COCC(C)(C)c1nc(-c2nn(Cc3ccccc3F)c3ncccc23)n[nH]1. The highest BCUT2D eigenvalue weighted by atomic mass is 19.1. The fourth-order valence-electron chi connectivity index (χ4n) is 3.17. The van der Waals surface area contributed by atoms with Gasteiger partial charge in [-0.2, -0.15) is 10.2 Å². The van der Waals surface area contributed by atoms with E-state index in [-0.39, 0.29) is 17.8 Å². The van der Waals surface area contributed by atoms with Crippen molar-refractivity contribution in [3.05, 3.63) is 59.8 Å². The third-order valence-corrected chi connectivity index (χ3v) is 4.63. The highest BCUT2D eigenvalue weighted by Crippen LogP contribution is 2.27. The maximum Gasteiger partial charge on any atom is 0.202 e. The molecule has 7 nitrogen and oxygen atoms in total. The molecule has 0 amide bonds. The fraction of sp³-hybridized carbons (Fsp3) is 0.300. The number of benzene rings is 1. The number of hydrogen-bond donors (Lipinski definition) is 1. The van der Waals surface area contributed by atoms with Crippen molar-refractivity contribution < 1.29 is 9.13 Å². The molecule has 4 rings (SSSR count). The average Bonchev–Trinajstić information content (AvgIpc) is 3.30. The molecule has 0 aliphatic heterocycles. The van der Waals surface area contributed by atoms with Crippen LogP contribution in [0.5, 0.6) is 0 Å². The molecule has 1 N–H and O–H groups in total. The molecule has 0 aliphatic rings. The Morgan fingerprint density at radius 2 is 2.00 bits per heavy atom. The molecule has 3 heterocycles. The molecule has 8 heteroatoms. The number of hydrogen-bond acceptors (Lipinski definition) is 5. The Morgan fingerprint density at radius 1 is 1.18 bits per heavy atom. The summed E-state index contributed by atoms with van der Waals surface area (Å²) < 4.78 is 21.1. The van der Waals surface area contributed by atoms with E-state index < -0.39 is 0 Å². The average molecular weight is 380 g/mol. The van der Waals surface area contributed by atoms with Crippen LogP contribution in [0.4, 0.5) is 4.39 Å². The van der Waals surface area contributed by atoms with Crippen molar-refractivity contribution in [2.24, 2.45) is 0 Å². The smallest absolute Gasteiger partial charge is 0.202 e. The van der Waals surface area contributed by atoms with Gasteiger partial charge in [0.15, 0.2) is 5.65 Å². The molecular formula is C20H21FN6O. The number of aromatic nitrogens is 6. The molecule has 3 aromatic heterocycles. The van der Waals surface area contributed by atoms with E-state index in [0.717, 1.165) is 5.39 Å². The van der Waals surface area contributed by atoms with Crippen LogP contribution in [0, 0.1) is 5.82 Å². The first kappa shape index (κ1) is 18.2. The first-order valence-electron chi connectivity index (χ1n) is 8.97. The Bertz CT molecular complexity index is 1120. The number of aromatic amines is 1. The van der Waals surface area contributed by atoms with Gasteiger partial charge in [-0.05, 0) is 18.2 Å². The second-order valence-corrected chi connectivity index (χ2v) is 7.30. The van der Waals surface area contributed by atoms with E-state index in [1.54, 1.807) is 36.2 Å². The Morgan fingerprint density at radius 3 is 2.79 bits per heavy atom. The molecule has 0 aliphatic carbocycles. The third-order valence-electron chi connectivity index (χ3n) is 4.63. The van der Waals surface area contributed by atoms with Gasteiger partial charge in [0.1, 0.15) is 17.3 Å². The van der Waals surface area contributed by atoms with Gasteiger partial charge >= 0.3 is 0 Å². The molecule has 144 valence electrons. The second-order valence-electron chi connectivity index (χ2n) is 7.30. The van der Waals surface area contributed by atoms with Crippen LogP contribution in [-0.2, 0) is 16.7 Å². The lowest BCUT2D eigenvalue weighted by Gasteiger charge is -2.19. The summed E-state index contributed by atoms with van der Waals surface area (Å²) in [5.41, 5.74) is 1.49. The summed E-state index contributed by atoms with van der Waals surface area (Å²) >= 11 is 0. The van der Waals surface area contributed by atoms with Gasteiger partial charge in [0, 0.05) is 24.3 Å². The van der Waals surface area contributed by atoms with E-state index in [2.05, 4.69) is 25.3 Å². The van der Waals surface area contributed by atoms with Crippen molar-refractivity contribution in [3.8, 4) is 11.5 Å². The van der Waals surface area contributed by atoms with E-state index in [4.69, 9.17) is 4.74 Å². The molecule has 4 aromatic rings. The predicted octanol–water partition coefficient (Wildman–Crippen LogP) is 3.33. The summed E-state index contributed by atoms with van der Waals surface area (Å²) in [4.78, 5) is 9.06. The number of pyridine rings is 1. The van der Waals surface area contributed by atoms with Gasteiger partial charge < -0.3 is 4.74 Å². The van der Waals surface area contributed by atoms with E-state index in [9.17, 15) is 4.39 Å². The number of methoxy groups -OCH3 is 1. The first-order valence-corrected chi connectivity index (χ1v) is 8.97. The Labute approximate surface area is 161 Å². The molecule has 0 saturated carbocycles. The summed E-state index contributed by atoms with van der Waals surface area (Å²) in [6, 6.07) is 10.4. The number of rotatable bonds is 6. The van der Waals surface area contributed by atoms with Crippen molar-refractivity contribution in [3.63, 3.8) is 0 Å². The Hall–Kier alpha value is -3.13. The zero-order valence-electron chi connectivity index (χ0n) is 16.0. The minimum Gasteiger partial charge on any atom is -0.384 e. The highest BCUT2D eigenvalue weighted by molar-refractivity contribution is 5.89. The number of H-pyrrole nitrogens is 1. The number of fused-ring (bicyclic) bond motifs is 1. The van der Waals surface area contributed by atoms with Crippen molar-refractivity contribution >= 4 is 11.0 Å². The molecule has 0 radical (unpaired) electrons. The molecule has 0 unspecified atom stereocenters. The maximum absolute atomic E-state index is 14.1. The quantitative estimate of drug-likeness (QED) is 0.555. The highest BCUT2D eigenvalue weighted by Gasteiger charge is 2.26. The summed E-state index contributed by atoms with van der Waals surface area (Å²) in [6.45, 7) is 4.83. The van der Waals surface area contributed by atoms with Crippen molar-refractivity contribution in [1.29, 1.82) is 0 Å². The summed E-state index contributed by atoms with van der Waals surface area (Å²) in [6.07, 6.45) is 1.69. The molecule has 0 bridgehead atoms. The van der Waals surface area contributed by atoms with Crippen molar-refractivity contribution in [1.82, 2.24) is 29.9 Å². The van der Waals surface area contributed by atoms with E-state index in [0.29, 0.717) is 35.2 Å². The van der Waals surface area contributed by atoms with Crippen LogP contribution in [0.2, 0.25) is 0 Å². The number of nitrogens with zero attached hydrogens (tertiary/aromatic N) is 5. The minimum absolute atomic E-state index is 0.270. The third kappa shape index (κ3) is 3.27. The van der Waals surface area contributed by atoms with Crippen LogP contribution in [0.15, 0.2) is 42.6 Å². The van der Waals surface area contributed by atoms with Crippen molar-refractivity contribution in [2.45, 2.75) is 25.8 Å². The lowest BCUT2D eigenvalue weighted by Crippen LogP contribution is -2.25. The summed E-state index contributed by atoms with van der Waals surface area (Å²) in [7, 11) is 1.66. The van der Waals surface area contributed by atoms with Crippen LogP contribution in [-0.4, -0.2) is 43.7 Å². The zero-order valence-corrected chi connectivity index (χ0v) is 16.0. The van der Waals surface area contributed by atoms with Crippen LogP contribution in [0.25, 0.3) is 22.6 Å². The van der Waals surface area contributed by atoms with E-state index in [1.165, 1.54) is 6.07 Å². The van der Waals surface area contributed by atoms with Gasteiger partial charge in [0.05, 0.1) is 18.5 Å². The molecule has 0 atom stereocenters. The molecule has 28 heavy (non-hydrogen) atoms. The van der Waals surface area contributed by atoms with Crippen LogP contribution < -0.4 is 0 Å². The van der Waals surface area contributed by atoms with Crippen LogP contribution in [0.3, 0.4) is 0 Å². The van der Waals surface area contributed by atoms with Crippen molar-refractivity contribution in [2.75, 3.05) is 13.7 Å². The van der Waals surface area contributed by atoms with Crippen LogP contribution in [0.1, 0.15) is 25.2 Å². The topological polar surface area (TPSA) is 81.5 Å². The number of halogens is 1. The molecule has 0 saturated heterocycles. The van der Waals surface area contributed by atoms with Gasteiger partial charge in [-0.15, -0.1) is 0 Å². The fourth-order valence-corrected chi connectivity index (χ4v) is 3.17. The molecule has 0 fully saturated rings. The van der Waals surface area contributed by atoms with Gasteiger partial charge in [0.25, 0.3) is 0 Å². The predicted molar refractivity (Wildman–Crippen MR) is 103 cm³/mol. The molecule has 0 spiro atoms. The van der Waals surface area contributed by atoms with Gasteiger partial charge in [-0.3, -0.25) is 5.10 Å². The van der Waals surface area contributed by atoms with Gasteiger partial charge in [-0.25, -0.2) is 19.0 Å². The largest absolute Gasteiger partial charge is 0.384 e. The van der Waals surface area contributed by atoms with Gasteiger partial charge in [-0.1, -0.05) is 32.0 Å². The lowest BCUT2D eigenvalue weighted by molar-refractivity contribution is 0.142. The lowest BCUT2D eigenvalue weighted by atomic mass is 9.94. The minimum atomic E-state index is -0.316. The monoisotopic (exact) mass is 380 g/mol. The van der Waals surface area contributed by atoms with Gasteiger partial charge in [0.2, 0.25) is 5.82 Å². The number of nitrogens with one attached hydrogen (secondary N) is 1. The normalized spacial score (nSPS) is 12.0. The number of ether oxygens (including phenoxy) is 1. The molecule has 1 aromatic carbocycles. The molecular weight excluding hydrogens is 359 g/mol. The second kappa shape index (κ2) is 7.12. The van der Waals surface area contributed by atoms with E-state index in [1.807, 2.05) is 26.0 Å². The maximum atomic E-state index is 14.1.